The molecule has 1 heterocycles. The van der Waals surface area contributed by atoms with Crippen molar-refractivity contribution in [2.75, 3.05) is 13.2 Å². The highest BCUT2D eigenvalue weighted by Gasteiger charge is 2.48. The molecule has 1 N–H and O–H groups in total. The average Bonchev–Trinajstić information content (AvgIpc) is 3.04. The molecule has 6 nitrogen and oxygen atoms in total. The van der Waals surface area contributed by atoms with Crippen LogP contribution in [0.15, 0.2) is 28.7 Å². The van der Waals surface area contributed by atoms with E-state index in [1.54, 1.807) is 52.0 Å². The Morgan fingerprint density at radius 2 is 1.89 bits per heavy atom. The van der Waals surface area contributed by atoms with Gasteiger partial charge in [0.2, 0.25) is 0 Å². The lowest BCUT2D eigenvalue weighted by Crippen LogP contribution is -2.52. The second-order valence-corrected chi connectivity index (χ2v) is 8.66. The lowest BCUT2D eigenvalue weighted by atomic mass is 9.82. The summed E-state index contributed by atoms with van der Waals surface area (Å²) in [6.45, 7) is 7.83. The molecule has 0 radical (unpaired) electrons. The van der Waals surface area contributed by atoms with Gasteiger partial charge < -0.3 is 19.5 Å². The zero-order valence-corrected chi connectivity index (χ0v) is 17.9. The van der Waals surface area contributed by atoms with Gasteiger partial charge in [-0.05, 0) is 58.2 Å². The largest absolute Gasteiger partial charge is 0.466 e. The third-order valence-electron chi connectivity index (χ3n) is 4.50. The summed E-state index contributed by atoms with van der Waals surface area (Å²) in [4.78, 5) is 26.5. The Balaban J connectivity index is 2.37. The molecule has 0 unspecified atom stereocenters. The molecule has 0 aliphatic carbocycles. The number of likely N-dealkylation sites (tertiary alicyclic amines) is 1. The van der Waals surface area contributed by atoms with E-state index in [9.17, 15) is 14.7 Å². The van der Waals surface area contributed by atoms with Crippen molar-refractivity contribution in [2.24, 2.45) is 0 Å². The van der Waals surface area contributed by atoms with Crippen LogP contribution in [0.2, 0.25) is 0 Å². The number of esters is 1. The van der Waals surface area contributed by atoms with E-state index in [1.165, 1.54) is 4.90 Å². The number of ether oxygens (including phenoxy) is 2. The van der Waals surface area contributed by atoms with Gasteiger partial charge >= 0.3 is 12.1 Å². The van der Waals surface area contributed by atoms with Gasteiger partial charge in [0.15, 0.2) is 0 Å². The van der Waals surface area contributed by atoms with Crippen LogP contribution in [0.3, 0.4) is 0 Å². The second kappa shape index (κ2) is 8.61. The van der Waals surface area contributed by atoms with Crippen molar-refractivity contribution in [1.29, 1.82) is 0 Å². The smallest absolute Gasteiger partial charge is 0.410 e. The van der Waals surface area contributed by atoms with Gasteiger partial charge in [-0.15, -0.1) is 0 Å². The van der Waals surface area contributed by atoms with E-state index in [-0.39, 0.29) is 13.0 Å². The van der Waals surface area contributed by atoms with E-state index in [1.807, 2.05) is 0 Å². The standard InChI is InChI=1S/C20H28BrNO5/c1-5-26-17(23)13-20(25,14-8-10-15(21)11-9-14)16-7-6-12-22(16)18(24)27-19(2,3)4/h8-11,16,25H,5-7,12-13H2,1-4H3/t16-,20+/m0/s1. The third kappa shape index (κ3) is 5.45. The molecule has 0 spiro atoms. The molecule has 0 bridgehead atoms. The van der Waals surface area contributed by atoms with Gasteiger partial charge in [0, 0.05) is 11.0 Å². The molecule has 2 atom stereocenters. The molecule has 0 saturated carbocycles. The Labute approximate surface area is 169 Å². The van der Waals surface area contributed by atoms with Crippen molar-refractivity contribution in [3.05, 3.63) is 34.3 Å². The van der Waals surface area contributed by atoms with Crippen LogP contribution in [-0.4, -0.2) is 46.9 Å². The maximum absolute atomic E-state index is 12.7. The average molecular weight is 442 g/mol. The fourth-order valence-electron chi connectivity index (χ4n) is 3.39. The van der Waals surface area contributed by atoms with Crippen LogP contribution in [0.5, 0.6) is 0 Å². The van der Waals surface area contributed by atoms with Crippen LogP contribution in [0.1, 0.15) is 52.5 Å². The van der Waals surface area contributed by atoms with E-state index in [0.717, 1.165) is 10.9 Å². The number of aliphatic hydroxyl groups is 1. The van der Waals surface area contributed by atoms with Crippen LogP contribution in [0.25, 0.3) is 0 Å². The van der Waals surface area contributed by atoms with E-state index < -0.39 is 29.3 Å². The van der Waals surface area contributed by atoms with Crippen LogP contribution in [0, 0.1) is 0 Å². The summed E-state index contributed by atoms with van der Waals surface area (Å²) in [5.74, 6) is -0.501. The summed E-state index contributed by atoms with van der Waals surface area (Å²) < 4.78 is 11.4. The molecule has 1 aliphatic rings. The molecular formula is C20H28BrNO5. The molecule has 0 aromatic heterocycles. The Bertz CT molecular complexity index is 670. The van der Waals surface area contributed by atoms with Crippen LogP contribution in [-0.2, 0) is 19.9 Å². The van der Waals surface area contributed by atoms with Crippen molar-refractivity contribution >= 4 is 28.0 Å². The molecule has 2 rings (SSSR count). The van der Waals surface area contributed by atoms with Crippen molar-refractivity contribution in [1.82, 2.24) is 4.90 Å². The first-order valence-corrected chi connectivity index (χ1v) is 10.00. The Hall–Kier alpha value is -1.60. The fraction of sp³-hybridized carbons (Fsp3) is 0.600. The van der Waals surface area contributed by atoms with Gasteiger partial charge in [-0.1, -0.05) is 28.1 Å². The maximum atomic E-state index is 12.7. The minimum Gasteiger partial charge on any atom is -0.466 e. The molecule has 1 fully saturated rings. The summed E-state index contributed by atoms with van der Waals surface area (Å²) in [6, 6.07) is 6.55. The van der Waals surface area contributed by atoms with Gasteiger partial charge in [0.1, 0.15) is 11.2 Å². The quantitative estimate of drug-likeness (QED) is 0.698. The van der Waals surface area contributed by atoms with Gasteiger partial charge in [-0.2, -0.15) is 0 Å². The SMILES string of the molecule is CCOC(=O)C[C@@](O)(c1ccc(Br)cc1)[C@@H]1CCCN1C(=O)OC(C)(C)C. The van der Waals surface area contributed by atoms with E-state index in [4.69, 9.17) is 9.47 Å². The van der Waals surface area contributed by atoms with Gasteiger partial charge in [0.25, 0.3) is 0 Å². The third-order valence-corrected chi connectivity index (χ3v) is 5.02. The van der Waals surface area contributed by atoms with E-state index in [0.29, 0.717) is 18.5 Å². The van der Waals surface area contributed by atoms with E-state index >= 15 is 0 Å². The van der Waals surface area contributed by atoms with Crippen molar-refractivity contribution in [3.8, 4) is 0 Å². The van der Waals surface area contributed by atoms with Gasteiger partial charge in [-0.3, -0.25) is 4.79 Å². The number of benzene rings is 1. The number of hydrogen-bond donors (Lipinski definition) is 1. The van der Waals surface area contributed by atoms with Gasteiger partial charge in [-0.25, -0.2) is 4.79 Å². The van der Waals surface area contributed by atoms with Crippen molar-refractivity contribution in [3.63, 3.8) is 0 Å². The molecule has 1 aromatic rings. The Kier molecular flexibility index (Phi) is 6.92. The number of carbonyl (C=O) groups excluding carboxylic acids is 2. The summed E-state index contributed by atoms with van der Waals surface area (Å²) >= 11 is 3.38. The lowest BCUT2D eigenvalue weighted by Gasteiger charge is -2.39. The number of amides is 1. The Morgan fingerprint density at radius 3 is 2.44 bits per heavy atom. The minimum atomic E-state index is -1.56. The number of carbonyl (C=O) groups is 2. The molecule has 1 aliphatic heterocycles. The predicted octanol–water partition coefficient (Wildman–Crippen LogP) is 3.99. The summed E-state index contributed by atoms with van der Waals surface area (Å²) in [7, 11) is 0. The lowest BCUT2D eigenvalue weighted by molar-refractivity contribution is -0.152. The highest BCUT2D eigenvalue weighted by molar-refractivity contribution is 9.10. The summed E-state index contributed by atoms with van der Waals surface area (Å²) in [6.07, 6.45) is 0.591. The van der Waals surface area contributed by atoms with Crippen molar-refractivity contribution in [2.45, 2.75) is 64.2 Å². The highest BCUT2D eigenvalue weighted by Crippen LogP contribution is 2.39. The van der Waals surface area contributed by atoms with Crippen LogP contribution in [0.4, 0.5) is 4.79 Å². The summed E-state index contributed by atoms with van der Waals surface area (Å²) in [5, 5.41) is 11.6. The molecule has 27 heavy (non-hydrogen) atoms. The molecule has 1 amide bonds. The van der Waals surface area contributed by atoms with Crippen LogP contribution < -0.4 is 0 Å². The van der Waals surface area contributed by atoms with E-state index in [2.05, 4.69) is 15.9 Å². The van der Waals surface area contributed by atoms with Crippen LogP contribution >= 0.6 is 15.9 Å². The first-order chi connectivity index (χ1) is 12.6. The number of halogens is 1. The zero-order chi connectivity index (χ0) is 20.2. The number of nitrogens with zero attached hydrogens (tertiary/aromatic N) is 1. The minimum absolute atomic E-state index is 0.230. The summed E-state index contributed by atoms with van der Waals surface area (Å²) in [5.41, 5.74) is -1.62. The fourth-order valence-corrected chi connectivity index (χ4v) is 3.65. The van der Waals surface area contributed by atoms with Crippen molar-refractivity contribution < 1.29 is 24.2 Å². The second-order valence-electron chi connectivity index (χ2n) is 7.74. The predicted molar refractivity (Wildman–Crippen MR) is 105 cm³/mol. The Morgan fingerprint density at radius 1 is 1.26 bits per heavy atom. The normalized spacial score (nSPS) is 19.5. The molecule has 150 valence electrons. The molecular weight excluding hydrogens is 414 g/mol. The highest BCUT2D eigenvalue weighted by atomic mass is 79.9. The monoisotopic (exact) mass is 441 g/mol. The number of rotatable bonds is 5. The first-order valence-electron chi connectivity index (χ1n) is 9.20. The number of hydrogen-bond acceptors (Lipinski definition) is 5. The van der Waals surface area contributed by atoms with Gasteiger partial charge in [0.05, 0.1) is 19.1 Å². The molecule has 7 heteroatoms. The molecule has 1 saturated heterocycles. The topological polar surface area (TPSA) is 76.1 Å². The zero-order valence-electron chi connectivity index (χ0n) is 16.3. The maximum Gasteiger partial charge on any atom is 0.410 e. The first kappa shape index (κ1) is 21.7. The molecule has 1 aromatic carbocycles.